The van der Waals surface area contributed by atoms with Gasteiger partial charge in [0.05, 0.1) is 18.6 Å². The lowest BCUT2D eigenvalue weighted by Crippen LogP contribution is -2.27. The molecule has 0 saturated carbocycles. The first-order valence-electron chi connectivity index (χ1n) is 8.10. The summed E-state index contributed by atoms with van der Waals surface area (Å²) in [5.74, 6) is 0.603. The van der Waals surface area contributed by atoms with Gasteiger partial charge in [-0.15, -0.1) is 0 Å². The highest BCUT2D eigenvalue weighted by Gasteiger charge is 2.18. The van der Waals surface area contributed by atoms with Gasteiger partial charge < -0.3 is 14.8 Å². The number of amides is 1. The molecule has 1 rings (SSSR count). The molecule has 0 saturated heterocycles. The Morgan fingerprint density at radius 1 is 1.28 bits per heavy atom. The van der Waals surface area contributed by atoms with Crippen molar-refractivity contribution in [2.45, 2.75) is 46.3 Å². The normalized spacial score (nSPS) is 13.0. The molecule has 0 heterocycles. The third-order valence-electron chi connectivity index (χ3n) is 3.19. The smallest absolute Gasteiger partial charge is 0.412 e. The van der Waals surface area contributed by atoms with Crippen molar-refractivity contribution in [3.63, 3.8) is 0 Å². The van der Waals surface area contributed by atoms with E-state index in [1.54, 1.807) is 52.8 Å². The Morgan fingerprint density at radius 3 is 2.44 bits per heavy atom. The minimum absolute atomic E-state index is 0.0454. The van der Waals surface area contributed by atoms with Gasteiger partial charge in [-0.2, -0.15) is 0 Å². The Morgan fingerprint density at radius 2 is 1.92 bits per heavy atom. The summed E-state index contributed by atoms with van der Waals surface area (Å²) in [4.78, 5) is 11.9. The molecule has 7 nitrogen and oxygen atoms in total. The first-order chi connectivity index (χ1) is 11.5. The van der Waals surface area contributed by atoms with E-state index in [2.05, 4.69) is 10.6 Å². The van der Waals surface area contributed by atoms with Gasteiger partial charge in [0, 0.05) is 23.5 Å². The van der Waals surface area contributed by atoms with Crippen molar-refractivity contribution in [2.75, 3.05) is 29.2 Å². The lowest BCUT2D eigenvalue weighted by atomic mass is 10.2. The van der Waals surface area contributed by atoms with E-state index in [0.717, 1.165) is 0 Å². The second kappa shape index (κ2) is 8.42. The predicted molar refractivity (Wildman–Crippen MR) is 100 cm³/mol. The fourth-order valence-electron chi connectivity index (χ4n) is 2.12. The molecule has 0 aromatic heterocycles. The van der Waals surface area contributed by atoms with E-state index in [0.29, 0.717) is 17.1 Å². The maximum atomic E-state index is 11.9. The molecule has 0 radical (unpaired) electrons. The molecule has 0 aliphatic carbocycles. The first kappa shape index (κ1) is 21.1. The quantitative estimate of drug-likeness (QED) is 0.763. The Bertz CT molecular complexity index is 695. The second-order valence-electron chi connectivity index (χ2n) is 6.79. The summed E-state index contributed by atoms with van der Waals surface area (Å²) in [6.45, 7) is 8.77. The van der Waals surface area contributed by atoms with E-state index in [-0.39, 0.29) is 17.5 Å². The third kappa shape index (κ3) is 7.64. The van der Waals surface area contributed by atoms with Crippen LogP contribution in [0.4, 0.5) is 16.2 Å². The molecule has 1 aromatic rings. The molecule has 2 N–H and O–H groups in total. The van der Waals surface area contributed by atoms with Gasteiger partial charge in [-0.05, 0) is 39.8 Å². The predicted octanol–water partition coefficient (Wildman–Crippen LogP) is 3.28. The number of methoxy groups -OCH3 is 1. The summed E-state index contributed by atoms with van der Waals surface area (Å²) in [6, 6.07) is 4.86. The number of hydrogen-bond donors (Lipinski definition) is 2. The van der Waals surface area contributed by atoms with Crippen LogP contribution < -0.4 is 15.4 Å². The van der Waals surface area contributed by atoms with Crippen molar-refractivity contribution in [1.29, 1.82) is 0 Å². The summed E-state index contributed by atoms with van der Waals surface area (Å²) in [5, 5.41) is 5.76. The summed E-state index contributed by atoms with van der Waals surface area (Å²) in [7, 11) is -1.57. The SMILES string of the molecule is CCS(=O)(=O)CC(C)Nc1ccc(NC(=O)OC(C)(C)C)c(OC)c1. The molecule has 0 aliphatic heterocycles. The van der Waals surface area contributed by atoms with Gasteiger partial charge in [0.25, 0.3) is 0 Å². The van der Waals surface area contributed by atoms with Gasteiger partial charge in [-0.3, -0.25) is 5.32 Å². The lowest BCUT2D eigenvalue weighted by Gasteiger charge is -2.21. The largest absolute Gasteiger partial charge is 0.494 e. The van der Waals surface area contributed by atoms with Crippen LogP contribution in [0.1, 0.15) is 34.6 Å². The van der Waals surface area contributed by atoms with Gasteiger partial charge in [0.2, 0.25) is 0 Å². The minimum atomic E-state index is -3.06. The molecular weight excluding hydrogens is 344 g/mol. The average molecular weight is 372 g/mol. The van der Waals surface area contributed by atoms with Crippen molar-refractivity contribution < 1.29 is 22.7 Å². The van der Waals surface area contributed by atoms with E-state index < -0.39 is 21.5 Å². The van der Waals surface area contributed by atoms with E-state index in [1.807, 2.05) is 0 Å². The summed E-state index contributed by atoms with van der Waals surface area (Å²) in [6.07, 6.45) is -0.575. The Kier molecular flexibility index (Phi) is 7.10. The van der Waals surface area contributed by atoms with Gasteiger partial charge in [0.1, 0.15) is 11.4 Å². The fourth-order valence-corrected chi connectivity index (χ4v) is 3.20. The number of carbonyl (C=O) groups excluding carboxylic acids is 1. The number of nitrogens with one attached hydrogen (secondary N) is 2. The zero-order chi connectivity index (χ0) is 19.3. The Labute approximate surface area is 150 Å². The summed E-state index contributed by atoms with van der Waals surface area (Å²) < 4.78 is 33.9. The number of hydrogen-bond acceptors (Lipinski definition) is 6. The molecule has 1 atom stereocenters. The van der Waals surface area contributed by atoms with Gasteiger partial charge in [0.15, 0.2) is 9.84 Å². The Hall–Kier alpha value is -1.96. The molecule has 0 bridgehead atoms. The molecule has 1 aromatic carbocycles. The van der Waals surface area contributed by atoms with Crippen molar-refractivity contribution in [2.24, 2.45) is 0 Å². The number of anilines is 2. The number of ether oxygens (including phenoxy) is 2. The first-order valence-corrected chi connectivity index (χ1v) is 9.93. The van der Waals surface area contributed by atoms with Gasteiger partial charge in [-0.1, -0.05) is 6.92 Å². The topological polar surface area (TPSA) is 93.7 Å². The van der Waals surface area contributed by atoms with E-state index in [4.69, 9.17) is 9.47 Å². The molecule has 142 valence electrons. The van der Waals surface area contributed by atoms with Gasteiger partial charge in [-0.25, -0.2) is 13.2 Å². The highest BCUT2D eigenvalue weighted by atomic mass is 32.2. The van der Waals surface area contributed by atoms with Crippen molar-refractivity contribution in [1.82, 2.24) is 0 Å². The number of rotatable bonds is 7. The van der Waals surface area contributed by atoms with Gasteiger partial charge >= 0.3 is 6.09 Å². The molecule has 8 heteroatoms. The van der Waals surface area contributed by atoms with Crippen LogP contribution >= 0.6 is 0 Å². The summed E-state index contributed by atoms with van der Waals surface area (Å²) >= 11 is 0. The van der Waals surface area contributed by atoms with Crippen LogP contribution in [0.3, 0.4) is 0 Å². The Balaban J connectivity index is 2.83. The average Bonchev–Trinajstić information content (AvgIpc) is 2.46. The maximum absolute atomic E-state index is 11.9. The van der Waals surface area contributed by atoms with Crippen LogP contribution in [0, 0.1) is 0 Å². The molecule has 1 amide bonds. The van der Waals surface area contributed by atoms with Crippen LogP contribution in [0.5, 0.6) is 5.75 Å². The van der Waals surface area contributed by atoms with Crippen molar-refractivity contribution in [3.05, 3.63) is 18.2 Å². The van der Waals surface area contributed by atoms with Crippen LogP contribution in [0.2, 0.25) is 0 Å². The summed E-state index contributed by atoms with van der Waals surface area (Å²) in [5.41, 5.74) is 0.570. The monoisotopic (exact) mass is 372 g/mol. The fraction of sp³-hybridized carbons (Fsp3) is 0.588. The van der Waals surface area contributed by atoms with E-state index in [1.165, 1.54) is 7.11 Å². The standard InChI is InChI=1S/C17H28N2O5S/c1-7-25(21,22)11-12(2)18-13-8-9-14(15(10-13)23-6)19-16(20)24-17(3,4)5/h8-10,12,18H,7,11H2,1-6H3,(H,19,20). The number of benzene rings is 1. The lowest BCUT2D eigenvalue weighted by molar-refractivity contribution is 0.0635. The molecule has 0 fully saturated rings. The zero-order valence-electron chi connectivity index (χ0n) is 15.7. The minimum Gasteiger partial charge on any atom is -0.494 e. The number of carbonyl (C=O) groups is 1. The second-order valence-corrected chi connectivity index (χ2v) is 9.18. The molecule has 25 heavy (non-hydrogen) atoms. The molecule has 1 unspecified atom stereocenters. The van der Waals surface area contributed by atoms with Crippen LogP contribution in [0.25, 0.3) is 0 Å². The highest BCUT2D eigenvalue weighted by Crippen LogP contribution is 2.29. The van der Waals surface area contributed by atoms with Crippen LogP contribution in [0.15, 0.2) is 18.2 Å². The van der Waals surface area contributed by atoms with E-state index >= 15 is 0 Å². The third-order valence-corrected chi connectivity index (χ3v) is 5.08. The van der Waals surface area contributed by atoms with Crippen LogP contribution in [-0.2, 0) is 14.6 Å². The zero-order valence-corrected chi connectivity index (χ0v) is 16.5. The van der Waals surface area contributed by atoms with Crippen molar-refractivity contribution >= 4 is 27.3 Å². The molecular formula is C17H28N2O5S. The number of sulfone groups is 1. The van der Waals surface area contributed by atoms with E-state index in [9.17, 15) is 13.2 Å². The molecule has 0 aliphatic rings. The molecule has 0 spiro atoms. The van der Waals surface area contributed by atoms with Crippen LogP contribution in [-0.4, -0.2) is 44.8 Å². The highest BCUT2D eigenvalue weighted by molar-refractivity contribution is 7.91. The maximum Gasteiger partial charge on any atom is 0.412 e. The van der Waals surface area contributed by atoms with Crippen molar-refractivity contribution in [3.8, 4) is 5.75 Å².